The molecule has 0 aliphatic heterocycles. The number of thiocyanates is 1. The molecule has 0 radical (unpaired) electrons. The highest BCUT2D eigenvalue weighted by Gasteiger charge is 2.04. The molecule has 0 aliphatic rings. The molecule has 0 bridgehead atoms. The molecule has 1 aromatic carbocycles. The lowest BCUT2D eigenvalue weighted by Gasteiger charge is -2.06. The topological polar surface area (TPSA) is 33.0 Å². The van der Waals surface area contributed by atoms with Crippen LogP contribution in [0.1, 0.15) is 32.6 Å². The lowest BCUT2D eigenvalue weighted by atomic mass is 10.2. The third-order valence-corrected chi connectivity index (χ3v) is 2.97. The minimum atomic E-state index is -0.400. The van der Waals surface area contributed by atoms with Gasteiger partial charge in [0.1, 0.15) is 17.0 Å². The van der Waals surface area contributed by atoms with Gasteiger partial charge in [0.15, 0.2) is 0 Å². The van der Waals surface area contributed by atoms with Gasteiger partial charge < -0.3 is 4.74 Å². The Kier molecular flexibility index (Phi) is 6.49. The Balaban J connectivity index is 2.40. The summed E-state index contributed by atoms with van der Waals surface area (Å²) in [6, 6.07) is 4.60. The Hall–Kier alpha value is -1.21. The Bertz CT molecular complexity index is 389. The Morgan fingerprint density at radius 2 is 2.18 bits per heavy atom. The van der Waals surface area contributed by atoms with Crippen molar-refractivity contribution in [1.29, 1.82) is 5.26 Å². The Labute approximate surface area is 106 Å². The third-order valence-electron chi connectivity index (χ3n) is 2.33. The maximum absolute atomic E-state index is 13.4. The summed E-state index contributed by atoms with van der Waals surface area (Å²) in [6.45, 7) is 2.77. The summed E-state index contributed by atoms with van der Waals surface area (Å²) in [7, 11) is 0. The average molecular weight is 253 g/mol. The van der Waals surface area contributed by atoms with Gasteiger partial charge >= 0.3 is 0 Å². The number of unbranched alkanes of at least 4 members (excludes halogenated alkanes) is 3. The average Bonchev–Trinajstić information content (AvgIpc) is 2.32. The molecular weight excluding hydrogens is 237 g/mol. The second-order valence-corrected chi connectivity index (χ2v) is 4.52. The van der Waals surface area contributed by atoms with Gasteiger partial charge in [-0.2, -0.15) is 5.26 Å². The van der Waals surface area contributed by atoms with Crippen molar-refractivity contribution in [2.75, 3.05) is 6.61 Å². The second kappa shape index (κ2) is 7.97. The monoisotopic (exact) mass is 253 g/mol. The van der Waals surface area contributed by atoms with Crippen LogP contribution in [-0.4, -0.2) is 6.61 Å². The highest BCUT2D eigenvalue weighted by molar-refractivity contribution is 8.03. The van der Waals surface area contributed by atoms with Crippen molar-refractivity contribution in [3.63, 3.8) is 0 Å². The summed E-state index contributed by atoms with van der Waals surface area (Å²) in [4.78, 5) is 0.339. The lowest BCUT2D eigenvalue weighted by molar-refractivity contribution is 0.303. The number of thioether (sulfide) groups is 1. The summed E-state index contributed by atoms with van der Waals surface area (Å²) in [5, 5.41) is 10.3. The fourth-order valence-electron chi connectivity index (χ4n) is 1.42. The SMILES string of the molecule is CCCCCCOc1ccc(SC#N)c(F)c1. The van der Waals surface area contributed by atoms with E-state index in [2.05, 4.69) is 6.92 Å². The van der Waals surface area contributed by atoms with Crippen molar-refractivity contribution in [2.45, 2.75) is 37.5 Å². The highest BCUT2D eigenvalue weighted by Crippen LogP contribution is 2.24. The smallest absolute Gasteiger partial charge is 0.141 e. The first-order chi connectivity index (χ1) is 8.27. The van der Waals surface area contributed by atoms with E-state index >= 15 is 0 Å². The Morgan fingerprint density at radius 1 is 1.35 bits per heavy atom. The third kappa shape index (κ3) is 5.10. The minimum Gasteiger partial charge on any atom is -0.493 e. The lowest BCUT2D eigenvalue weighted by Crippen LogP contribution is -1.97. The fourth-order valence-corrected chi connectivity index (χ4v) is 1.81. The van der Waals surface area contributed by atoms with Crippen LogP contribution in [0.25, 0.3) is 0 Å². The van der Waals surface area contributed by atoms with E-state index in [4.69, 9.17) is 10.00 Å². The molecule has 0 heterocycles. The number of hydrogen-bond acceptors (Lipinski definition) is 3. The second-order valence-electron chi connectivity index (χ2n) is 3.69. The molecule has 0 unspecified atom stereocenters. The van der Waals surface area contributed by atoms with E-state index < -0.39 is 5.82 Å². The fraction of sp³-hybridized carbons (Fsp3) is 0.462. The van der Waals surface area contributed by atoms with Gasteiger partial charge in [-0.1, -0.05) is 26.2 Å². The van der Waals surface area contributed by atoms with E-state index in [1.807, 2.05) is 5.40 Å². The van der Waals surface area contributed by atoms with Crippen molar-refractivity contribution < 1.29 is 9.13 Å². The molecular formula is C13H16FNOS. The predicted octanol–water partition coefficient (Wildman–Crippen LogP) is 4.36. The van der Waals surface area contributed by atoms with Crippen LogP contribution in [0.15, 0.2) is 23.1 Å². The van der Waals surface area contributed by atoms with Crippen LogP contribution < -0.4 is 4.74 Å². The van der Waals surface area contributed by atoms with E-state index in [-0.39, 0.29) is 0 Å². The molecule has 0 spiro atoms. The first-order valence-electron chi connectivity index (χ1n) is 5.76. The summed E-state index contributed by atoms with van der Waals surface area (Å²) in [6.07, 6.45) is 4.52. The van der Waals surface area contributed by atoms with E-state index in [1.165, 1.54) is 18.9 Å². The van der Waals surface area contributed by atoms with Gasteiger partial charge in [0.25, 0.3) is 0 Å². The molecule has 1 rings (SSSR count). The number of rotatable bonds is 7. The van der Waals surface area contributed by atoms with Gasteiger partial charge in [-0.3, -0.25) is 0 Å². The van der Waals surface area contributed by atoms with Crippen LogP contribution >= 0.6 is 11.8 Å². The number of benzene rings is 1. The van der Waals surface area contributed by atoms with Crippen LogP contribution in [-0.2, 0) is 0 Å². The number of ether oxygens (including phenoxy) is 1. The van der Waals surface area contributed by atoms with Crippen molar-refractivity contribution in [1.82, 2.24) is 0 Å². The van der Waals surface area contributed by atoms with E-state index in [1.54, 1.807) is 12.1 Å². The van der Waals surface area contributed by atoms with E-state index in [0.29, 0.717) is 17.3 Å². The zero-order valence-corrected chi connectivity index (χ0v) is 10.7. The van der Waals surface area contributed by atoms with Crippen LogP contribution in [0, 0.1) is 16.5 Å². The molecule has 0 saturated carbocycles. The van der Waals surface area contributed by atoms with Crippen LogP contribution in [0.4, 0.5) is 4.39 Å². The largest absolute Gasteiger partial charge is 0.493 e. The molecule has 17 heavy (non-hydrogen) atoms. The molecule has 92 valence electrons. The van der Waals surface area contributed by atoms with Gasteiger partial charge in [0.2, 0.25) is 0 Å². The molecule has 4 heteroatoms. The maximum Gasteiger partial charge on any atom is 0.141 e. The molecule has 0 aliphatic carbocycles. The molecule has 0 atom stereocenters. The first-order valence-corrected chi connectivity index (χ1v) is 6.58. The highest BCUT2D eigenvalue weighted by atomic mass is 32.2. The van der Waals surface area contributed by atoms with Crippen molar-refractivity contribution in [3.05, 3.63) is 24.0 Å². The molecule has 0 N–H and O–H groups in total. The van der Waals surface area contributed by atoms with Crippen molar-refractivity contribution in [3.8, 4) is 11.2 Å². The number of nitrogens with zero attached hydrogens (tertiary/aromatic N) is 1. The van der Waals surface area contributed by atoms with Crippen LogP contribution in [0.2, 0.25) is 0 Å². The first kappa shape index (κ1) is 13.9. The molecule has 2 nitrogen and oxygen atoms in total. The quantitative estimate of drug-likeness (QED) is 0.411. The number of nitriles is 1. The van der Waals surface area contributed by atoms with Crippen LogP contribution in [0.3, 0.4) is 0 Å². The minimum absolute atomic E-state index is 0.339. The predicted molar refractivity (Wildman–Crippen MR) is 67.5 cm³/mol. The molecule has 0 amide bonds. The summed E-state index contributed by atoms with van der Waals surface area (Å²) in [5.74, 6) is 0.129. The maximum atomic E-state index is 13.4. The molecule has 0 aromatic heterocycles. The van der Waals surface area contributed by atoms with E-state index in [0.717, 1.165) is 24.6 Å². The van der Waals surface area contributed by atoms with Gasteiger partial charge in [-0.25, -0.2) is 4.39 Å². The number of halogens is 1. The van der Waals surface area contributed by atoms with E-state index in [9.17, 15) is 4.39 Å². The molecule has 0 fully saturated rings. The molecule has 1 aromatic rings. The van der Waals surface area contributed by atoms with Crippen molar-refractivity contribution in [2.24, 2.45) is 0 Å². The summed E-state index contributed by atoms with van der Waals surface area (Å²) >= 11 is 0.821. The standard InChI is InChI=1S/C13H16FNOS/c1-2-3-4-5-8-16-11-6-7-13(17-10-15)12(14)9-11/h6-7,9H,2-5,8H2,1H3. The summed E-state index contributed by atoms with van der Waals surface area (Å²) in [5.41, 5.74) is 0. The van der Waals surface area contributed by atoms with Crippen LogP contribution in [0.5, 0.6) is 5.75 Å². The summed E-state index contributed by atoms with van der Waals surface area (Å²) < 4.78 is 18.8. The zero-order chi connectivity index (χ0) is 12.5. The zero-order valence-electron chi connectivity index (χ0n) is 9.91. The Morgan fingerprint density at radius 3 is 2.82 bits per heavy atom. The normalized spacial score (nSPS) is 9.94. The van der Waals surface area contributed by atoms with Gasteiger partial charge in [0, 0.05) is 6.07 Å². The van der Waals surface area contributed by atoms with Gasteiger partial charge in [0.05, 0.1) is 11.5 Å². The molecule has 0 saturated heterocycles. The number of hydrogen-bond donors (Lipinski definition) is 0. The van der Waals surface area contributed by atoms with Gasteiger partial charge in [-0.05, 0) is 30.3 Å². The van der Waals surface area contributed by atoms with Gasteiger partial charge in [-0.15, -0.1) is 0 Å². The van der Waals surface area contributed by atoms with Crippen molar-refractivity contribution >= 4 is 11.8 Å².